The third-order valence-electron chi connectivity index (χ3n) is 3.48. The van der Waals surface area contributed by atoms with Crippen LogP contribution in [0.1, 0.15) is 17.1 Å². The van der Waals surface area contributed by atoms with Crippen molar-refractivity contribution in [2.75, 3.05) is 6.61 Å². The Kier molecular flexibility index (Phi) is 4.60. The van der Waals surface area contributed by atoms with Crippen LogP contribution in [0.15, 0.2) is 64.9 Å². The van der Waals surface area contributed by atoms with Crippen LogP contribution in [0.25, 0.3) is 10.8 Å². The first-order valence-electron chi connectivity index (χ1n) is 6.98. The second-order valence-electron chi connectivity index (χ2n) is 4.97. The van der Waals surface area contributed by atoms with Crippen LogP contribution in [0.3, 0.4) is 0 Å². The van der Waals surface area contributed by atoms with Crippen molar-refractivity contribution >= 4 is 40.3 Å². The van der Waals surface area contributed by atoms with Gasteiger partial charge in [0.25, 0.3) is 0 Å². The molecule has 112 valence electrons. The van der Waals surface area contributed by atoms with Crippen molar-refractivity contribution in [1.29, 1.82) is 0 Å². The highest BCUT2D eigenvalue weighted by Crippen LogP contribution is 2.55. The average molecular weight is 328 g/mol. The van der Waals surface area contributed by atoms with E-state index in [1.165, 1.54) is 27.3 Å². The van der Waals surface area contributed by atoms with Gasteiger partial charge in [-0.2, -0.15) is 0 Å². The molecule has 2 aromatic carbocycles. The minimum Gasteiger partial charge on any atom is -0.457 e. The standard InChI is InChI=1S/C18H16O2S2/c1-3-17(19)20-11-16-12(2)21-18(22-16)15-9-8-13-6-4-5-7-14(13)10-15/h3-10,18H,1,11H2,2H3. The summed E-state index contributed by atoms with van der Waals surface area (Å²) in [6.45, 7) is 5.82. The molecule has 1 unspecified atom stereocenters. The number of allylic oxidation sites excluding steroid dienone is 1. The van der Waals surface area contributed by atoms with Gasteiger partial charge in [-0.15, -0.1) is 23.5 Å². The lowest BCUT2D eigenvalue weighted by molar-refractivity contribution is -0.136. The summed E-state index contributed by atoms with van der Waals surface area (Å²) in [5.74, 6) is -0.375. The largest absolute Gasteiger partial charge is 0.457 e. The lowest BCUT2D eigenvalue weighted by Gasteiger charge is -2.11. The first-order valence-corrected chi connectivity index (χ1v) is 8.74. The summed E-state index contributed by atoms with van der Waals surface area (Å²) >= 11 is 3.58. The lowest BCUT2D eigenvalue weighted by Crippen LogP contribution is -2.02. The van der Waals surface area contributed by atoms with E-state index in [2.05, 4.69) is 56.0 Å². The van der Waals surface area contributed by atoms with Crippen molar-refractivity contribution in [1.82, 2.24) is 0 Å². The molecule has 0 saturated carbocycles. The molecule has 0 spiro atoms. The molecule has 2 nitrogen and oxygen atoms in total. The van der Waals surface area contributed by atoms with Gasteiger partial charge in [0.2, 0.25) is 0 Å². The van der Waals surface area contributed by atoms with E-state index in [1.807, 2.05) is 11.8 Å². The van der Waals surface area contributed by atoms with Gasteiger partial charge < -0.3 is 4.74 Å². The summed E-state index contributed by atoms with van der Waals surface area (Å²) in [7, 11) is 0. The van der Waals surface area contributed by atoms with E-state index in [4.69, 9.17) is 4.74 Å². The Balaban J connectivity index is 1.74. The molecule has 3 rings (SSSR count). The van der Waals surface area contributed by atoms with E-state index in [0.717, 1.165) is 4.91 Å². The number of fused-ring (bicyclic) bond motifs is 1. The normalized spacial score (nSPS) is 17.8. The Hall–Kier alpha value is -1.65. The molecule has 0 aliphatic carbocycles. The Morgan fingerprint density at radius 3 is 2.77 bits per heavy atom. The second kappa shape index (κ2) is 6.63. The van der Waals surface area contributed by atoms with Crippen LogP contribution in [0.4, 0.5) is 0 Å². The number of benzene rings is 2. The summed E-state index contributed by atoms with van der Waals surface area (Å²) in [5, 5.41) is 2.51. The first-order chi connectivity index (χ1) is 10.7. The molecule has 0 amide bonds. The smallest absolute Gasteiger partial charge is 0.330 e. The Morgan fingerprint density at radius 2 is 2.00 bits per heavy atom. The van der Waals surface area contributed by atoms with Crippen LogP contribution in [-0.2, 0) is 9.53 Å². The van der Waals surface area contributed by atoms with Crippen LogP contribution in [0.2, 0.25) is 0 Å². The number of esters is 1. The summed E-state index contributed by atoms with van der Waals surface area (Å²) in [6.07, 6.45) is 1.20. The minimum atomic E-state index is -0.375. The van der Waals surface area contributed by atoms with Gasteiger partial charge in [0.15, 0.2) is 0 Å². The van der Waals surface area contributed by atoms with Crippen molar-refractivity contribution in [3.05, 3.63) is 70.5 Å². The molecule has 0 N–H and O–H groups in total. The number of ether oxygens (including phenoxy) is 1. The van der Waals surface area contributed by atoms with Crippen molar-refractivity contribution < 1.29 is 9.53 Å². The van der Waals surface area contributed by atoms with Gasteiger partial charge in [0.05, 0.1) is 4.58 Å². The van der Waals surface area contributed by atoms with Crippen LogP contribution in [0, 0.1) is 0 Å². The monoisotopic (exact) mass is 328 g/mol. The molecule has 0 bridgehead atoms. The fraction of sp³-hybridized carbons (Fsp3) is 0.167. The molecule has 1 aliphatic heterocycles. The van der Waals surface area contributed by atoms with E-state index >= 15 is 0 Å². The lowest BCUT2D eigenvalue weighted by atomic mass is 10.1. The Morgan fingerprint density at radius 1 is 1.23 bits per heavy atom. The van der Waals surface area contributed by atoms with Gasteiger partial charge in [0.1, 0.15) is 6.61 Å². The van der Waals surface area contributed by atoms with E-state index in [-0.39, 0.29) is 5.97 Å². The molecular weight excluding hydrogens is 312 g/mol. The summed E-state index contributed by atoms with van der Waals surface area (Å²) in [4.78, 5) is 13.5. The number of hydrogen-bond donors (Lipinski definition) is 0. The van der Waals surface area contributed by atoms with Crippen molar-refractivity contribution in [2.45, 2.75) is 11.5 Å². The molecule has 0 fully saturated rings. The third kappa shape index (κ3) is 3.23. The minimum absolute atomic E-state index is 0.321. The topological polar surface area (TPSA) is 26.3 Å². The SMILES string of the molecule is C=CC(=O)OCC1=C(C)SC(c2ccc3ccccc3c2)S1. The Bertz CT molecular complexity index is 765. The predicted octanol–water partition coefficient (Wildman–Crippen LogP) is 5.28. The molecule has 4 heteroatoms. The highest BCUT2D eigenvalue weighted by atomic mass is 32.2. The van der Waals surface area contributed by atoms with E-state index < -0.39 is 0 Å². The maximum absolute atomic E-state index is 11.2. The predicted molar refractivity (Wildman–Crippen MR) is 95.7 cm³/mol. The second-order valence-corrected chi connectivity index (χ2v) is 7.78. The van der Waals surface area contributed by atoms with Crippen LogP contribution in [0.5, 0.6) is 0 Å². The van der Waals surface area contributed by atoms with Crippen molar-refractivity contribution in [3.63, 3.8) is 0 Å². The maximum Gasteiger partial charge on any atom is 0.330 e. The van der Waals surface area contributed by atoms with Crippen LogP contribution in [-0.4, -0.2) is 12.6 Å². The third-order valence-corrected chi connectivity index (χ3v) is 6.47. The molecule has 22 heavy (non-hydrogen) atoms. The number of carbonyl (C=O) groups is 1. The number of carbonyl (C=O) groups excluding carboxylic acids is 1. The van der Waals surface area contributed by atoms with E-state index in [0.29, 0.717) is 11.2 Å². The summed E-state index contributed by atoms with van der Waals surface area (Å²) < 4.78 is 5.47. The zero-order valence-electron chi connectivity index (χ0n) is 12.2. The summed E-state index contributed by atoms with van der Waals surface area (Å²) in [6, 6.07) is 15.0. The van der Waals surface area contributed by atoms with Crippen LogP contribution >= 0.6 is 23.5 Å². The molecule has 1 atom stereocenters. The highest BCUT2D eigenvalue weighted by Gasteiger charge is 2.25. The number of hydrogen-bond acceptors (Lipinski definition) is 4. The van der Waals surface area contributed by atoms with Gasteiger partial charge in [-0.1, -0.05) is 43.0 Å². The zero-order chi connectivity index (χ0) is 15.5. The van der Waals surface area contributed by atoms with Gasteiger partial charge in [-0.05, 0) is 34.2 Å². The zero-order valence-corrected chi connectivity index (χ0v) is 13.9. The highest BCUT2D eigenvalue weighted by molar-refractivity contribution is 8.22. The first kappa shape index (κ1) is 15.3. The van der Waals surface area contributed by atoms with Crippen LogP contribution < -0.4 is 0 Å². The maximum atomic E-state index is 11.2. The van der Waals surface area contributed by atoms with Crippen molar-refractivity contribution in [2.24, 2.45) is 0 Å². The molecule has 0 aromatic heterocycles. The summed E-state index contributed by atoms with van der Waals surface area (Å²) in [5.41, 5.74) is 1.29. The quantitative estimate of drug-likeness (QED) is 0.563. The molecule has 2 aromatic rings. The van der Waals surface area contributed by atoms with E-state index in [1.54, 1.807) is 11.8 Å². The molecular formula is C18H16O2S2. The molecule has 1 heterocycles. The fourth-order valence-corrected chi connectivity index (χ4v) is 5.18. The fourth-order valence-electron chi connectivity index (χ4n) is 2.28. The van der Waals surface area contributed by atoms with Crippen molar-refractivity contribution in [3.8, 4) is 0 Å². The Labute approximate surface area is 138 Å². The molecule has 1 aliphatic rings. The van der Waals surface area contributed by atoms with Gasteiger partial charge >= 0.3 is 5.97 Å². The van der Waals surface area contributed by atoms with Gasteiger partial charge in [-0.25, -0.2) is 4.79 Å². The number of thioether (sulfide) groups is 2. The molecule has 0 radical (unpaired) electrons. The van der Waals surface area contributed by atoms with E-state index in [9.17, 15) is 4.79 Å². The average Bonchev–Trinajstić information content (AvgIpc) is 2.93. The van der Waals surface area contributed by atoms with Gasteiger partial charge in [0, 0.05) is 11.0 Å². The van der Waals surface area contributed by atoms with Gasteiger partial charge in [-0.3, -0.25) is 0 Å². The molecule has 0 saturated heterocycles. The number of rotatable bonds is 4.